The second kappa shape index (κ2) is 8.06. The second-order valence-corrected chi connectivity index (χ2v) is 5.69. The maximum atomic E-state index is 6.05. The molecular weight excluding hydrogens is 286 g/mol. The van der Waals surface area contributed by atoms with Crippen molar-refractivity contribution in [3.8, 4) is 0 Å². The van der Waals surface area contributed by atoms with E-state index in [0.29, 0.717) is 6.61 Å². The minimum Gasteiger partial charge on any atom is -0.353 e. The van der Waals surface area contributed by atoms with Gasteiger partial charge in [-0.15, -0.1) is 0 Å². The summed E-state index contributed by atoms with van der Waals surface area (Å²) in [6.07, 6.45) is 5.22. The van der Waals surface area contributed by atoms with E-state index in [1.807, 2.05) is 41.5 Å². The molecule has 1 aliphatic rings. The Balaban J connectivity index is 1.63. The summed E-state index contributed by atoms with van der Waals surface area (Å²) in [5, 5.41) is 1.95. The fraction of sp³-hybridized carbons (Fsp3) is 0.300. The highest BCUT2D eigenvalue weighted by Crippen LogP contribution is 2.21. The van der Waals surface area contributed by atoms with Crippen LogP contribution in [0.2, 0.25) is 0 Å². The molecule has 3 rings (SSSR count). The Kier molecular flexibility index (Phi) is 5.59. The van der Waals surface area contributed by atoms with Crippen molar-refractivity contribution in [3.63, 3.8) is 0 Å². The summed E-state index contributed by atoms with van der Waals surface area (Å²) >= 11 is 0. The van der Waals surface area contributed by atoms with E-state index in [1.165, 1.54) is 11.1 Å². The summed E-state index contributed by atoms with van der Waals surface area (Å²) in [7, 11) is 0. The molecule has 1 saturated heterocycles. The first-order chi connectivity index (χ1) is 11.3. The van der Waals surface area contributed by atoms with E-state index in [4.69, 9.17) is 9.57 Å². The van der Waals surface area contributed by atoms with Gasteiger partial charge in [-0.05, 0) is 23.6 Å². The topological polar surface area (TPSA) is 21.7 Å². The van der Waals surface area contributed by atoms with E-state index >= 15 is 0 Å². The molecule has 1 aliphatic heterocycles. The van der Waals surface area contributed by atoms with Gasteiger partial charge in [-0.2, -0.15) is 5.06 Å². The van der Waals surface area contributed by atoms with Crippen LogP contribution < -0.4 is 0 Å². The van der Waals surface area contributed by atoms with Crippen molar-refractivity contribution in [2.24, 2.45) is 0 Å². The van der Waals surface area contributed by atoms with Crippen molar-refractivity contribution in [2.45, 2.75) is 32.3 Å². The number of hydroxylamine groups is 2. The number of rotatable bonds is 6. The average Bonchev–Trinajstić information content (AvgIpc) is 3.02. The highest BCUT2D eigenvalue weighted by atomic mass is 16.7. The molecule has 2 aromatic rings. The SMILES string of the molecule is CCC1CN(OCc2ccccc2)C(C=Cc2ccccc2)O1. The lowest BCUT2D eigenvalue weighted by molar-refractivity contribution is -0.197. The molecule has 1 heterocycles. The Morgan fingerprint density at radius 2 is 1.78 bits per heavy atom. The standard InChI is InChI=1S/C20H23NO2/c1-2-19-15-21(22-16-18-11-7-4-8-12-18)20(23-19)14-13-17-9-5-3-6-10-17/h3-14,19-20H,2,15-16H2,1H3. The van der Waals surface area contributed by atoms with Gasteiger partial charge in [0.1, 0.15) is 0 Å². The minimum atomic E-state index is -0.135. The van der Waals surface area contributed by atoms with Crippen molar-refractivity contribution in [1.29, 1.82) is 0 Å². The summed E-state index contributed by atoms with van der Waals surface area (Å²) < 4.78 is 6.05. The van der Waals surface area contributed by atoms with Gasteiger partial charge in [-0.1, -0.05) is 73.7 Å². The minimum absolute atomic E-state index is 0.135. The van der Waals surface area contributed by atoms with Gasteiger partial charge in [0.15, 0.2) is 6.23 Å². The van der Waals surface area contributed by atoms with Crippen LogP contribution in [0.25, 0.3) is 6.08 Å². The number of nitrogens with zero attached hydrogens (tertiary/aromatic N) is 1. The van der Waals surface area contributed by atoms with Gasteiger partial charge in [-0.3, -0.25) is 4.84 Å². The summed E-state index contributed by atoms with van der Waals surface area (Å²) in [6.45, 7) is 3.51. The highest BCUT2D eigenvalue weighted by Gasteiger charge is 2.31. The molecule has 0 amide bonds. The summed E-state index contributed by atoms with van der Waals surface area (Å²) in [5.41, 5.74) is 2.33. The fourth-order valence-electron chi connectivity index (χ4n) is 2.59. The number of hydrogen-bond donors (Lipinski definition) is 0. The fourth-order valence-corrected chi connectivity index (χ4v) is 2.59. The molecule has 0 aromatic heterocycles. The van der Waals surface area contributed by atoms with Crippen molar-refractivity contribution >= 4 is 6.08 Å². The molecule has 0 saturated carbocycles. The van der Waals surface area contributed by atoms with Crippen LogP contribution in [0.3, 0.4) is 0 Å². The summed E-state index contributed by atoms with van der Waals surface area (Å²) in [5.74, 6) is 0. The quantitative estimate of drug-likeness (QED) is 0.795. The zero-order chi connectivity index (χ0) is 15.9. The lowest BCUT2D eigenvalue weighted by atomic mass is 10.2. The zero-order valence-corrected chi connectivity index (χ0v) is 13.5. The number of ether oxygens (including phenoxy) is 1. The van der Waals surface area contributed by atoms with E-state index in [9.17, 15) is 0 Å². The normalized spacial score (nSPS) is 22.0. The van der Waals surface area contributed by atoms with Gasteiger partial charge in [-0.25, -0.2) is 0 Å². The lowest BCUT2D eigenvalue weighted by Crippen LogP contribution is -2.29. The maximum Gasteiger partial charge on any atom is 0.152 e. The molecule has 120 valence electrons. The van der Waals surface area contributed by atoms with Gasteiger partial charge in [0.05, 0.1) is 19.3 Å². The third-order valence-corrected chi connectivity index (χ3v) is 3.95. The Bertz CT molecular complexity index is 612. The summed E-state index contributed by atoms with van der Waals surface area (Å²) in [4.78, 5) is 5.98. The molecule has 2 atom stereocenters. The third-order valence-electron chi connectivity index (χ3n) is 3.95. The molecule has 0 N–H and O–H groups in total. The van der Waals surface area contributed by atoms with Crippen LogP contribution in [0.1, 0.15) is 24.5 Å². The smallest absolute Gasteiger partial charge is 0.152 e. The van der Waals surface area contributed by atoms with E-state index in [-0.39, 0.29) is 12.3 Å². The van der Waals surface area contributed by atoms with Crippen molar-refractivity contribution in [2.75, 3.05) is 6.54 Å². The molecule has 0 spiro atoms. The van der Waals surface area contributed by atoms with Crippen LogP contribution in [0, 0.1) is 0 Å². The first-order valence-electron chi connectivity index (χ1n) is 8.17. The van der Waals surface area contributed by atoms with Crippen LogP contribution in [-0.4, -0.2) is 23.9 Å². The van der Waals surface area contributed by atoms with Crippen molar-refractivity contribution < 1.29 is 9.57 Å². The van der Waals surface area contributed by atoms with Crippen LogP contribution >= 0.6 is 0 Å². The van der Waals surface area contributed by atoms with Crippen LogP contribution in [-0.2, 0) is 16.2 Å². The molecular formula is C20H23NO2. The molecule has 0 aliphatic carbocycles. The number of hydrogen-bond acceptors (Lipinski definition) is 3. The first-order valence-corrected chi connectivity index (χ1v) is 8.17. The second-order valence-electron chi connectivity index (χ2n) is 5.69. The molecule has 1 fully saturated rings. The predicted octanol–water partition coefficient (Wildman–Crippen LogP) is 4.27. The van der Waals surface area contributed by atoms with Gasteiger partial charge in [0.2, 0.25) is 0 Å². The first kappa shape index (κ1) is 15.9. The molecule has 0 radical (unpaired) electrons. The van der Waals surface area contributed by atoms with Crippen molar-refractivity contribution in [3.05, 3.63) is 77.9 Å². The van der Waals surface area contributed by atoms with E-state index < -0.39 is 0 Å². The van der Waals surface area contributed by atoms with Crippen LogP contribution in [0.15, 0.2) is 66.7 Å². The summed E-state index contributed by atoms with van der Waals surface area (Å²) in [6, 6.07) is 20.5. The zero-order valence-electron chi connectivity index (χ0n) is 13.5. The van der Waals surface area contributed by atoms with E-state index in [0.717, 1.165) is 13.0 Å². The van der Waals surface area contributed by atoms with Gasteiger partial charge in [0, 0.05) is 0 Å². The van der Waals surface area contributed by atoms with E-state index in [1.54, 1.807) is 0 Å². The monoisotopic (exact) mass is 309 g/mol. The van der Waals surface area contributed by atoms with Gasteiger partial charge in [0.25, 0.3) is 0 Å². The van der Waals surface area contributed by atoms with Gasteiger partial charge >= 0.3 is 0 Å². The molecule has 2 unspecified atom stereocenters. The predicted molar refractivity (Wildman–Crippen MR) is 92.4 cm³/mol. The maximum absolute atomic E-state index is 6.05. The Morgan fingerprint density at radius 3 is 2.48 bits per heavy atom. The Labute approximate surface area is 138 Å². The molecule has 3 heteroatoms. The molecule has 2 aromatic carbocycles. The largest absolute Gasteiger partial charge is 0.353 e. The molecule has 3 nitrogen and oxygen atoms in total. The highest BCUT2D eigenvalue weighted by molar-refractivity contribution is 5.49. The molecule has 23 heavy (non-hydrogen) atoms. The Hall–Kier alpha value is -1.94. The average molecular weight is 309 g/mol. The van der Waals surface area contributed by atoms with Gasteiger partial charge < -0.3 is 4.74 Å². The van der Waals surface area contributed by atoms with Crippen LogP contribution in [0.5, 0.6) is 0 Å². The van der Waals surface area contributed by atoms with E-state index in [2.05, 4.69) is 43.3 Å². The number of benzene rings is 2. The van der Waals surface area contributed by atoms with Crippen molar-refractivity contribution in [1.82, 2.24) is 5.06 Å². The third kappa shape index (κ3) is 4.52. The Morgan fingerprint density at radius 1 is 1.09 bits per heavy atom. The lowest BCUT2D eigenvalue weighted by Gasteiger charge is -2.19. The molecule has 0 bridgehead atoms. The van der Waals surface area contributed by atoms with Crippen LogP contribution in [0.4, 0.5) is 0 Å².